The summed E-state index contributed by atoms with van der Waals surface area (Å²) in [6, 6.07) is 7.27. The summed E-state index contributed by atoms with van der Waals surface area (Å²) in [7, 11) is 2.07. The monoisotopic (exact) mass is 203 g/mol. The first-order valence-corrected chi connectivity index (χ1v) is 5.91. The summed E-state index contributed by atoms with van der Waals surface area (Å²) >= 11 is 0. The highest BCUT2D eigenvalue weighted by Crippen LogP contribution is 2.45. The van der Waals surface area contributed by atoms with Gasteiger partial charge in [-0.25, -0.2) is 0 Å². The molecule has 0 radical (unpaired) electrons. The van der Waals surface area contributed by atoms with E-state index in [2.05, 4.69) is 51.3 Å². The molecule has 15 heavy (non-hydrogen) atoms. The van der Waals surface area contributed by atoms with Gasteiger partial charge in [-0.2, -0.15) is 0 Å². The zero-order valence-electron chi connectivity index (χ0n) is 10.2. The highest BCUT2D eigenvalue weighted by atomic mass is 14.9. The van der Waals surface area contributed by atoms with Crippen molar-refractivity contribution in [2.45, 2.75) is 39.2 Å². The number of fused-ring (bicyclic) bond motifs is 1. The molecule has 0 aromatic heterocycles. The van der Waals surface area contributed by atoms with Crippen molar-refractivity contribution >= 4 is 0 Å². The molecule has 1 aliphatic rings. The van der Waals surface area contributed by atoms with Crippen molar-refractivity contribution in [3.05, 3.63) is 34.9 Å². The van der Waals surface area contributed by atoms with Crippen LogP contribution in [0.1, 0.15) is 48.9 Å². The Labute approximate surface area is 92.9 Å². The molecule has 0 bridgehead atoms. The molecule has 1 heteroatoms. The Morgan fingerprint density at radius 1 is 1.33 bits per heavy atom. The quantitative estimate of drug-likeness (QED) is 0.777. The maximum Gasteiger partial charge on any atom is 0.0326 e. The number of hydrogen-bond donors (Lipinski definition) is 1. The largest absolute Gasteiger partial charge is 0.313 e. The molecule has 1 aromatic carbocycles. The van der Waals surface area contributed by atoms with Gasteiger partial charge in [-0.15, -0.1) is 0 Å². The number of hydrogen-bond acceptors (Lipinski definition) is 1. The maximum atomic E-state index is 3.43. The van der Waals surface area contributed by atoms with Gasteiger partial charge < -0.3 is 5.32 Å². The minimum Gasteiger partial charge on any atom is -0.313 e. The van der Waals surface area contributed by atoms with Gasteiger partial charge in [0.15, 0.2) is 0 Å². The number of nitrogens with one attached hydrogen (secondary N) is 1. The van der Waals surface area contributed by atoms with E-state index < -0.39 is 0 Å². The lowest BCUT2D eigenvalue weighted by Gasteiger charge is -2.17. The lowest BCUT2D eigenvalue weighted by Crippen LogP contribution is -2.13. The number of aryl methyl sites for hydroxylation is 1. The second-order valence-corrected chi connectivity index (χ2v) is 5.01. The molecule has 0 saturated carbocycles. The lowest BCUT2D eigenvalue weighted by molar-refractivity contribution is 0.444. The molecule has 0 spiro atoms. The molecular weight excluding hydrogens is 182 g/mol. The Bertz CT molecular complexity index is 354. The highest BCUT2D eigenvalue weighted by Gasteiger charge is 2.32. The molecule has 0 saturated heterocycles. The Morgan fingerprint density at radius 3 is 2.67 bits per heavy atom. The van der Waals surface area contributed by atoms with Gasteiger partial charge in [0.1, 0.15) is 0 Å². The Morgan fingerprint density at radius 2 is 2.07 bits per heavy atom. The zero-order chi connectivity index (χ0) is 11.0. The maximum absolute atomic E-state index is 3.43. The van der Waals surface area contributed by atoms with Crippen molar-refractivity contribution in [3.8, 4) is 0 Å². The van der Waals surface area contributed by atoms with E-state index >= 15 is 0 Å². The molecule has 2 atom stereocenters. The summed E-state index contributed by atoms with van der Waals surface area (Å²) in [5.74, 6) is 1.47. The van der Waals surface area contributed by atoms with Crippen LogP contribution in [0, 0.1) is 12.8 Å². The summed E-state index contributed by atoms with van der Waals surface area (Å²) in [5.41, 5.74) is 4.59. The van der Waals surface area contributed by atoms with E-state index in [4.69, 9.17) is 0 Å². The molecule has 0 fully saturated rings. The standard InChI is InChI=1S/C14H21N/c1-9(2)12-8-13(15-4)11-7-5-6-10(3)14(11)12/h5-7,9,12-13,15H,8H2,1-4H3. The molecule has 1 aliphatic carbocycles. The molecule has 2 unspecified atom stereocenters. The molecule has 0 heterocycles. The fourth-order valence-corrected chi connectivity index (χ4v) is 2.89. The Hall–Kier alpha value is -0.820. The minimum atomic E-state index is 0.562. The van der Waals surface area contributed by atoms with Crippen molar-refractivity contribution < 1.29 is 0 Å². The van der Waals surface area contributed by atoms with E-state index in [1.807, 2.05) is 0 Å². The van der Waals surface area contributed by atoms with Crippen LogP contribution in [-0.4, -0.2) is 7.05 Å². The van der Waals surface area contributed by atoms with Crippen LogP contribution in [0.15, 0.2) is 18.2 Å². The highest BCUT2D eigenvalue weighted by molar-refractivity contribution is 5.43. The average molecular weight is 203 g/mol. The van der Waals surface area contributed by atoms with Gasteiger partial charge in [-0.05, 0) is 48.9 Å². The van der Waals surface area contributed by atoms with Crippen LogP contribution in [-0.2, 0) is 0 Å². The van der Waals surface area contributed by atoms with Crippen LogP contribution >= 0.6 is 0 Å². The molecule has 2 rings (SSSR count). The normalized spacial score (nSPS) is 24.6. The molecule has 1 aromatic rings. The van der Waals surface area contributed by atoms with Gasteiger partial charge in [-0.3, -0.25) is 0 Å². The van der Waals surface area contributed by atoms with Crippen molar-refractivity contribution in [1.29, 1.82) is 0 Å². The summed E-state index contributed by atoms with van der Waals surface area (Å²) < 4.78 is 0. The molecule has 1 nitrogen and oxygen atoms in total. The van der Waals surface area contributed by atoms with Gasteiger partial charge in [-0.1, -0.05) is 32.0 Å². The molecule has 82 valence electrons. The predicted molar refractivity (Wildman–Crippen MR) is 65.2 cm³/mol. The fourth-order valence-electron chi connectivity index (χ4n) is 2.89. The first-order valence-electron chi connectivity index (χ1n) is 5.91. The minimum absolute atomic E-state index is 0.562. The van der Waals surface area contributed by atoms with Crippen molar-refractivity contribution in [1.82, 2.24) is 5.32 Å². The number of benzene rings is 1. The zero-order valence-corrected chi connectivity index (χ0v) is 10.2. The van der Waals surface area contributed by atoms with Crippen LogP contribution in [0.4, 0.5) is 0 Å². The van der Waals surface area contributed by atoms with Crippen LogP contribution in [0.5, 0.6) is 0 Å². The summed E-state index contributed by atoms with van der Waals surface area (Å²) in [6.07, 6.45) is 1.26. The first kappa shape index (κ1) is 10.7. The van der Waals surface area contributed by atoms with Crippen molar-refractivity contribution in [2.75, 3.05) is 7.05 Å². The van der Waals surface area contributed by atoms with Gasteiger partial charge in [0.2, 0.25) is 0 Å². The van der Waals surface area contributed by atoms with Crippen molar-refractivity contribution in [3.63, 3.8) is 0 Å². The smallest absolute Gasteiger partial charge is 0.0326 e. The fraction of sp³-hybridized carbons (Fsp3) is 0.571. The SMILES string of the molecule is CNC1CC(C(C)C)c2c(C)cccc21. The van der Waals surface area contributed by atoms with E-state index in [1.165, 1.54) is 17.5 Å². The van der Waals surface area contributed by atoms with E-state index in [9.17, 15) is 0 Å². The van der Waals surface area contributed by atoms with Gasteiger partial charge in [0.05, 0.1) is 0 Å². The molecule has 1 N–H and O–H groups in total. The van der Waals surface area contributed by atoms with E-state index in [0.29, 0.717) is 6.04 Å². The average Bonchev–Trinajstić information content (AvgIpc) is 2.58. The topological polar surface area (TPSA) is 12.0 Å². The van der Waals surface area contributed by atoms with Crippen LogP contribution < -0.4 is 5.32 Å². The molecular formula is C14H21N. The second kappa shape index (κ2) is 3.97. The lowest BCUT2D eigenvalue weighted by atomic mass is 9.88. The third-order valence-corrected chi connectivity index (χ3v) is 3.75. The van der Waals surface area contributed by atoms with E-state index in [1.54, 1.807) is 5.56 Å². The second-order valence-electron chi connectivity index (χ2n) is 5.01. The van der Waals surface area contributed by atoms with Gasteiger partial charge >= 0.3 is 0 Å². The van der Waals surface area contributed by atoms with E-state index in [0.717, 1.165) is 11.8 Å². The van der Waals surface area contributed by atoms with Crippen LogP contribution in [0.25, 0.3) is 0 Å². The third-order valence-electron chi connectivity index (χ3n) is 3.75. The van der Waals surface area contributed by atoms with Gasteiger partial charge in [0, 0.05) is 6.04 Å². The molecule has 0 amide bonds. The summed E-state index contributed by atoms with van der Waals surface area (Å²) in [5, 5.41) is 3.43. The van der Waals surface area contributed by atoms with Gasteiger partial charge in [0.25, 0.3) is 0 Å². The first-order chi connectivity index (χ1) is 7.15. The van der Waals surface area contributed by atoms with Crippen LogP contribution in [0.2, 0.25) is 0 Å². The third kappa shape index (κ3) is 1.69. The molecule has 0 aliphatic heterocycles. The Kier molecular flexibility index (Phi) is 2.83. The number of rotatable bonds is 2. The summed E-state index contributed by atoms with van der Waals surface area (Å²) in [6.45, 7) is 6.91. The Balaban J connectivity index is 2.48. The van der Waals surface area contributed by atoms with Crippen LogP contribution in [0.3, 0.4) is 0 Å². The summed E-state index contributed by atoms with van der Waals surface area (Å²) in [4.78, 5) is 0. The van der Waals surface area contributed by atoms with E-state index in [-0.39, 0.29) is 0 Å². The van der Waals surface area contributed by atoms with Crippen molar-refractivity contribution in [2.24, 2.45) is 5.92 Å². The predicted octanol–water partition coefficient (Wildman–Crippen LogP) is 3.40.